The molecule has 0 unspecified atom stereocenters. The molecule has 0 radical (unpaired) electrons. The largest absolute Gasteiger partial charge is 0.380 e. The molecule has 1 aromatic rings. The van der Waals surface area contributed by atoms with Gasteiger partial charge in [-0.1, -0.05) is 5.16 Å². The third-order valence-corrected chi connectivity index (χ3v) is 5.55. The summed E-state index contributed by atoms with van der Waals surface area (Å²) in [6.45, 7) is 4.80. The first-order valence-corrected chi connectivity index (χ1v) is 8.95. The van der Waals surface area contributed by atoms with Crippen LogP contribution in [0.5, 0.6) is 0 Å². The first-order chi connectivity index (χ1) is 12.0. The number of nitrogens with zero attached hydrogens (tertiary/aromatic N) is 3. The predicted molar refractivity (Wildman–Crippen MR) is 86.4 cm³/mol. The van der Waals surface area contributed by atoms with E-state index < -0.39 is 0 Å². The third-order valence-electron chi connectivity index (χ3n) is 5.55. The van der Waals surface area contributed by atoms with Crippen LogP contribution in [0, 0.1) is 24.2 Å². The van der Waals surface area contributed by atoms with Gasteiger partial charge in [-0.15, -0.1) is 0 Å². The van der Waals surface area contributed by atoms with E-state index in [0.717, 1.165) is 0 Å². The lowest BCUT2D eigenvalue weighted by molar-refractivity contribution is -0.130. The van der Waals surface area contributed by atoms with Gasteiger partial charge in [-0.25, -0.2) is 0 Å². The maximum atomic E-state index is 12.6. The molecule has 2 amide bonds. The van der Waals surface area contributed by atoms with Gasteiger partial charge in [0.05, 0.1) is 13.2 Å². The van der Waals surface area contributed by atoms with Crippen LogP contribution < -0.4 is 5.32 Å². The summed E-state index contributed by atoms with van der Waals surface area (Å²) in [5.74, 6) is 1.83. The quantitative estimate of drug-likeness (QED) is 0.795. The first-order valence-electron chi connectivity index (χ1n) is 8.95. The maximum Gasteiger partial charge on any atom is 0.236 e. The van der Waals surface area contributed by atoms with Crippen LogP contribution in [0.15, 0.2) is 4.52 Å². The van der Waals surface area contributed by atoms with Crippen molar-refractivity contribution in [3.63, 3.8) is 0 Å². The maximum absolute atomic E-state index is 12.6. The summed E-state index contributed by atoms with van der Waals surface area (Å²) in [5, 5.41) is 6.79. The topological polar surface area (TPSA) is 97.6 Å². The zero-order valence-electron chi connectivity index (χ0n) is 14.5. The second-order valence-electron chi connectivity index (χ2n) is 7.69. The van der Waals surface area contributed by atoms with Gasteiger partial charge in [-0.3, -0.25) is 9.59 Å². The lowest BCUT2D eigenvalue weighted by Crippen LogP contribution is -2.43. The smallest absolute Gasteiger partial charge is 0.236 e. The Morgan fingerprint density at radius 2 is 2.24 bits per heavy atom. The van der Waals surface area contributed by atoms with Crippen molar-refractivity contribution in [2.45, 2.75) is 32.6 Å². The van der Waals surface area contributed by atoms with Gasteiger partial charge in [0.25, 0.3) is 0 Å². The number of aryl methyl sites for hydroxylation is 1. The van der Waals surface area contributed by atoms with Crippen molar-refractivity contribution in [1.82, 2.24) is 20.4 Å². The molecule has 2 atom stereocenters. The molecule has 4 rings (SSSR count). The fourth-order valence-electron chi connectivity index (χ4n) is 3.86. The minimum Gasteiger partial charge on any atom is -0.380 e. The van der Waals surface area contributed by atoms with Gasteiger partial charge in [0, 0.05) is 37.4 Å². The number of carbonyl (C=O) groups excluding carboxylic acids is 2. The van der Waals surface area contributed by atoms with Gasteiger partial charge in [0.15, 0.2) is 5.82 Å². The molecular formula is C17H24N4O4. The summed E-state index contributed by atoms with van der Waals surface area (Å²) in [6.07, 6.45) is 3.09. The molecule has 1 aromatic heterocycles. The zero-order chi connectivity index (χ0) is 17.4. The van der Waals surface area contributed by atoms with Crippen molar-refractivity contribution in [2.24, 2.45) is 17.3 Å². The lowest BCUT2D eigenvalue weighted by atomic mass is 9.81. The highest BCUT2D eigenvalue weighted by Gasteiger charge is 2.51. The van der Waals surface area contributed by atoms with Gasteiger partial charge in [0.1, 0.15) is 6.42 Å². The Kier molecular flexibility index (Phi) is 4.23. The van der Waals surface area contributed by atoms with Crippen molar-refractivity contribution in [3.8, 4) is 0 Å². The molecule has 1 N–H and O–H groups in total. The zero-order valence-corrected chi connectivity index (χ0v) is 14.5. The molecule has 0 aromatic carbocycles. The van der Waals surface area contributed by atoms with Crippen LogP contribution in [0.25, 0.3) is 0 Å². The lowest BCUT2D eigenvalue weighted by Gasteiger charge is -2.27. The minimum atomic E-state index is -0.167. The minimum absolute atomic E-state index is 0.0123. The highest BCUT2D eigenvalue weighted by molar-refractivity contribution is 5.78. The van der Waals surface area contributed by atoms with Gasteiger partial charge < -0.3 is 19.5 Å². The van der Waals surface area contributed by atoms with E-state index in [1.165, 1.54) is 12.8 Å². The summed E-state index contributed by atoms with van der Waals surface area (Å²) < 4.78 is 10.7. The van der Waals surface area contributed by atoms with E-state index in [2.05, 4.69) is 15.5 Å². The predicted octanol–water partition coefficient (Wildman–Crippen LogP) is 0.312. The van der Waals surface area contributed by atoms with Crippen molar-refractivity contribution < 1.29 is 18.8 Å². The molecule has 0 spiro atoms. The van der Waals surface area contributed by atoms with E-state index in [-0.39, 0.29) is 29.6 Å². The Labute approximate surface area is 146 Å². The molecule has 2 saturated heterocycles. The Morgan fingerprint density at radius 1 is 1.40 bits per heavy atom. The number of carbonyl (C=O) groups is 2. The number of likely N-dealkylation sites (tertiary alicyclic amines) is 1. The number of rotatable bonds is 6. The van der Waals surface area contributed by atoms with Crippen LogP contribution in [0.2, 0.25) is 0 Å². The second kappa shape index (κ2) is 6.40. The molecular weight excluding hydrogens is 324 g/mol. The first kappa shape index (κ1) is 16.5. The number of amides is 2. The highest BCUT2D eigenvalue weighted by Crippen LogP contribution is 2.41. The van der Waals surface area contributed by atoms with Crippen LogP contribution in [-0.2, 0) is 20.7 Å². The SMILES string of the molecule is Cc1noc(CC(=O)N2C[C@@H]3COC[C@]3(CNC(=O)CC3CC3)C2)n1. The number of hydrogen-bond donors (Lipinski definition) is 1. The van der Waals surface area contributed by atoms with E-state index in [4.69, 9.17) is 9.26 Å². The van der Waals surface area contributed by atoms with Gasteiger partial charge in [-0.2, -0.15) is 4.98 Å². The second-order valence-corrected chi connectivity index (χ2v) is 7.69. The highest BCUT2D eigenvalue weighted by atomic mass is 16.5. The molecule has 2 aliphatic heterocycles. The van der Waals surface area contributed by atoms with Crippen molar-refractivity contribution in [2.75, 3.05) is 32.8 Å². The average molecular weight is 348 g/mol. The number of hydrogen-bond acceptors (Lipinski definition) is 6. The average Bonchev–Trinajstić information content (AvgIpc) is 2.99. The van der Waals surface area contributed by atoms with Crippen molar-refractivity contribution in [3.05, 3.63) is 11.7 Å². The summed E-state index contributed by atoms with van der Waals surface area (Å²) in [5.41, 5.74) is -0.167. The molecule has 1 saturated carbocycles. The molecule has 3 aliphatic rings. The molecule has 25 heavy (non-hydrogen) atoms. The van der Waals surface area contributed by atoms with Crippen LogP contribution in [0.4, 0.5) is 0 Å². The molecule has 136 valence electrons. The van der Waals surface area contributed by atoms with Crippen LogP contribution >= 0.6 is 0 Å². The van der Waals surface area contributed by atoms with E-state index in [1.807, 2.05) is 4.90 Å². The Balaban J connectivity index is 1.35. The molecule has 3 fully saturated rings. The van der Waals surface area contributed by atoms with E-state index in [1.54, 1.807) is 6.92 Å². The molecule has 8 nitrogen and oxygen atoms in total. The molecule has 8 heteroatoms. The van der Waals surface area contributed by atoms with Crippen molar-refractivity contribution in [1.29, 1.82) is 0 Å². The number of nitrogens with one attached hydrogen (secondary N) is 1. The van der Waals surface area contributed by atoms with E-state index >= 15 is 0 Å². The molecule has 3 heterocycles. The summed E-state index contributed by atoms with van der Waals surface area (Å²) in [6, 6.07) is 0. The fourth-order valence-corrected chi connectivity index (χ4v) is 3.86. The van der Waals surface area contributed by atoms with Gasteiger partial charge in [-0.05, 0) is 25.7 Å². The Bertz CT molecular complexity index is 671. The van der Waals surface area contributed by atoms with Gasteiger partial charge >= 0.3 is 0 Å². The Hall–Kier alpha value is -1.96. The third kappa shape index (κ3) is 3.53. The monoisotopic (exact) mass is 348 g/mol. The molecule has 1 aliphatic carbocycles. The van der Waals surface area contributed by atoms with Crippen LogP contribution in [0.3, 0.4) is 0 Å². The summed E-state index contributed by atoms with van der Waals surface area (Å²) in [7, 11) is 0. The van der Waals surface area contributed by atoms with E-state index in [0.29, 0.717) is 56.9 Å². The van der Waals surface area contributed by atoms with Crippen molar-refractivity contribution >= 4 is 11.8 Å². The summed E-state index contributed by atoms with van der Waals surface area (Å²) in [4.78, 5) is 30.5. The number of aromatic nitrogens is 2. The number of ether oxygens (including phenoxy) is 1. The van der Waals surface area contributed by atoms with Gasteiger partial charge in [0.2, 0.25) is 17.7 Å². The van der Waals surface area contributed by atoms with E-state index in [9.17, 15) is 9.59 Å². The standard InChI is InChI=1S/C17H24N4O4/c1-11-19-15(25-20-11)5-16(23)21-6-13-7-24-10-17(13,9-21)8-18-14(22)4-12-2-3-12/h12-13H,2-10H2,1H3,(H,18,22)/t13-,17+/m1/s1. The Morgan fingerprint density at radius 3 is 2.96 bits per heavy atom. The van der Waals surface area contributed by atoms with Crippen LogP contribution in [0.1, 0.15) is 31.0 Å². The normalized spacial score (nSPS) is 28.2. The summed E-state index contributed by atoms with van der Waals surface area (Å²) >= 11 is 0. The fraction of sp³-hybridized carbons (Fsp3) is 0.765. The van der Waals surface area contributed by atoms with Crippen LogP contribution in [-0.4, -0.2) is 59.7 Å². The molecule has 0 bridgehead atoms. The number of fused-ring (bicyclic) bond motifs is 1.